The molecule has 114 valence electrons. The highest BCUT2D eigenvalue weighted by atomic mass is 16.7. The van der Waals surface area contributed by atoms with Gasteiger partial charge >= 0.3 is 0 Å². The number of carbonyl (C=O) groups is 1. The molecule has 0 bridgehead atoms. The number of hydrogen-bond donors (Lipinski definition) is 0. The van der Waals surface area contributed by atoms with E-state index in [9.17, 15) is 4.79 Å². The Hall–Kier alpha value is -1.46. The Bertz CT molecular complexity index is 516. The molecule has 2 aliphatic rings. The van der Waals surface area contributed by atoms with E-state index in [1.807, 2.05) is 31.0 Å². The van der Waals surface area contributed by atoms with E-state index in [4.69, 9.17) is 9.47 Å². The van der Waals surface area contributed by atoms with E-state index in [0.29, 0.717) is 18.9 Å². The van der Waals surface area contributed by atoms with Gasteiger partial charge in [0.25, 0.3) is 5.91 Å². The lowest BCUT2D eigenvalue weighted by Crippen LogP contribution is -2.45. The second kappa shape index (κ2) is 5.73. The SMILES string of the molecule is Cc1cccnc1C(=O)N(C)C1CCC2(CC1)OCCO2. The van der Waals surface area contributed by atoms with Gasteiger partial charge in [0.1, 0.15) is 5.69 Å². The van der Waals surface area contributed by atoms with Crippen molar-refractivity contribution in [3.05, 3.63) is 29.6 Å². The number of rotatable bonds is 2. The lowest BCUT2D eigenvalue weighted by Gasteiger charge is -2.39. The van der Waals surface area contributed by atoms with E-state index < -0.39 is 0 Å². The fraction of sp³-hybridized carbons (Fsp3) is 0.625. The molecule has 1 spiro atoms. The van der Waals surface area contributed by atoms with Crippen molar-refractivity contribution >= 4 is 5.91 Å². The molecule has 1 saturated heterocycles. The summed E-state index contributed by atoms with van der Waals surface area (Å²) >= 11 is 0. The van der Waals surface area contributed by atoms with Crippen LogP contribution in [-0.2, 0) is 9.47 Å². The van der Waals surface area contributed by atoms with Gasteiger partial charge in [-0.05, 0) is 31.4 Å². The van der Waals surface area contributed by atoms with E-state index in [1.165, 1.54) is 0 Å². The molecule has 5 heteroatoms. The summed E-state index contributed by atoms with van der Waals surface area (Å²) < 4.78 is 11.5. The predicted octanol–water partition coefficient (Wildman–Crippen LogP) is 2.15. The number of pyridine rings is 1. The van der Waals surface area contributed by atoms with Gasteiger partial charge in [-0.2, -0.15) is 0 Å². The van der Waals surface area contributed by atoms with Gasteiger partial charge in [0.05, 0.1) is 13.2 Å². The number of ether oxygens (including phenoxy) is 2. The minimum atomic E-state index is -0.374. The monoisotopic (exact) mass is 290 g/mol. The van der Waals surface area contributed by atoms with E-state index in [0.717, 1.165) is 31.2 Å². The molecule has 0 radical (unpaired) electrons. The summed E-state index contributed by atoms with van der Waals surface area (Å²) in [6.45, 7) is 3.29. The molecule has 2 heterocycles. The molecule has 1 aliphatic heterocycles. The summed E-state index contributed by atoms with van der Waals surface area (Å²) in [6.07, 6.45) is 5.21. The Kier molecular flexibility index (Phi) is 3.95. The average molecular weight is 290 g/mol. The van der Waals surface area contributed by atoms with Crippen LogP contribution < -0.4 is 0 Å². The quantitative estimate of drug-likeness (QED) is 0.837. The summed E-state index contributed by atoms with van der Waals surface area (Å²) in [7, 11) is 1.87. The van der Waals surface area contributed by atoms with Crippen molar-refractivity contribution in [2.45, 2.75) is 44.4 Å². The minimum Gasteiger partial charge on any atom is -0.348 e. The summed E-state index contributed by atoms with van der Waals surface area (Å²) in [4.78, 5) is 18.6. The smallest absolute Gasteiger partial charge is 0.272 e. The second-order valence-corrected chi connectivity index (χ2v) is 5.92. The van der Waals surface area contributed by atoms with E-state index in [2.05, 4.69) is 4.98 Å². The summed E-state index contributed by atoms with van der Waals surface area (Å²) in [6, 6.07) is 4.01. The molecule has 1 saturated carbocycles. The van der Waals surface area contributed by atoms with Crippen molar-refractivity contribution in [2.24, 2.45) is 0 Å². The van der Waals surface area contributed by atoms with Crippen LogP contribution in [-0.4, -0.2) is 47.9 Å². The van der Waals surface area contributed by atoms with Gasteiger partial charge in [-0.3, -0.25) is 9.78 Å². The molecule has 0 unspecified atom stereocenters. The Balaban J connectivity index is 1.65. The van der Waals surface area contributed by atoms with E-state index >= 15 is 0 Å². The van der Waals surface area contributed by atoms with Gasteiger partial charge in [0.15, 0.2) is 5.79 Å². The maximum Gasteiger partial charge on any atom is 0.272 e. The first-order chi connectivity index (χ1) is 10.1. The van der Waals surface area contributed by atoms with Crippen LogP contribution in [0.25, 0.3) is 0 Å². The van der Waals surface area contributed by atoms with Crippen molar-refractivity contribution in [3.63, 3.8) is 0 Å². The standard InChI is InChI=1S/C16H22N2O3/c1-12-4-3-9-17-14(12)15(19)18(2)13-5-7-16(8-6-13)20-10-11-21-16/h3-4,9,13H,5-8,10-11H2,1-2H3. The first-order valence-corrected chi connectivity index (χ1v) is 7.58. The molecule has 21 heavy (non-hydrogen) atoms. The third-order valence-corrected chi connectivity index (χ3v) is 4.61. The Morgan fingerprint density at radius 3 is 2.62 bits per heavy atom. The fourth-order valence-corrected chi connectivity index (χ4v) is 3.26. The molecular formula is C16H22N2O3. The van der Waals surface area contributed by atoms with Gasteiger partial charge in [0, 0.05) is 32.1 Å². The number of carbonyl (C=O) groups excluding carboxylic acids is 1. The third-order valence-electron chi connectivity index (χ3n) is 4.61. The predicted molar refractivity (Wildman–Crippen MR) is 78.0 cm³/mol. The highest BCUT2D eigenvalue weighted by molar-refractivity contribution is 5.93. The average Bonchev–Trinajstić information content (AvgIpc) is 2.95. The highest BCUT2D eigenvalue weighted by Gasteiger charge is 2.41. The Morgan fingerprint density at radius 1 is 1.33 bits per heavy atom. The Labute approximate surface area is 125 Å². The summed E-state index contributed by atoms with van der Waals surface area (Å²) in [5.74, 6) is -0.372. The van der Waals surface area contributed by atoms with Gasteiger partial charge in [-0.1, -0.05) is 6.07 Å². The number of nitrogens with zero attached hydrogens (tertiary/aromatic N) is 2. The molecule has 0 N–H and O–H groups in total. The molecule has 1 amide bonds. The summed E-state index contributed by atoms with van der Waals surface area (Å²) in [5, 5.41) is 0. The van der Waals surface area contributed by atoms with Crippen molar-refractivity contribution in [2.75, 3.05) is 20.3 Å². The first-order valence-electron chi connectivity index (χ1n) is 7.58. The van der Waals surface area contributed by atoms with Crippen LogP contribution in [0.4, 0.5) is 0 Å². The van der Waals surface area contributed by atoms with Crippen LogP contribution >= 0.6 is 0 Å². The maximum atomic E-state index is 12.6. The van der Waals surface area contributed by atoms with Gasteiger partial charge < -0.3 is 14.4 Å². The van der Waals surface area contributed by atoms with E-state index in [-0.39, 0.29) is 17.7 Å². The number of amides is 1. The first kappa shape index (κ1) is 14.5. The lowest BCUT2D eigenvalue weighted by molar-refractivity contribution is -0.182. The molecule has 0 aromatic carbocycles. The Morgan fingerprint density at radius 2 is 2.00 bits per heavy atom. The van der Waals surface area contributed by atoms with Crippen molar-refractivity contribution in [1.29, 1.82) is 0 Å². The van der Waals surface area contributed by atoms with Gasteiger partial charge in [-0.25, -0.2) is 0 Å². The zero-order chi connectivity index (χ0) is 14.9. The van der Waals surface area contributed by atoms with Crippen LogP contribution in [0.2, 0.25) is 0 Å². The van der Waals surface area contributed by atoms with Crippen LogP contribution in [0.3, 0.4) is 0 Å². The van der Waals surface area contributed by atoms with Crippen LogP contribution in [0.1, 0.15) is 41.7 Å². The second-order valence-electron chi connectivity index (χ2n) is 5.92. The molecular weight excluding hydrogens is 268 g/mol. The molecule has 3 rings (SSSR count). The van der Waals surface area contributed by atoms with Crippen molar-refractivity contribution in [1.82, 2.24) is 9.88 Å². The molecule has 1 aromatic rings. The molecule has 1 aliphatic carbocycles. The normalized spacial score (nSPS) is 21.6. The van der Waals surface area contributed by atoms with Crippen molar-refractivity contribution < 1.29 is 14.3 Å². The minimum absolute atomic E-state index is 0.00214. The molecule has 2 fully saturated rings. The van der Waals surface area contributed by atoms with Crippen LogP contribution in [0.15, 0.2) is 18.3 Å². The van der Waals surface area contributed by atoms with E-state index in [1.54, 1.807) is 6.20 Å². The van der Waals surface area contributed by atoms with Crippen LogP contribution in [0.5, 0.6) is 0 Å². The number of aromatic nitrogens is 1. The van der Waals surface area contributed by atoms with Crippen molar-refractivity contribution in [3.8, 4) is 0 Å². The zero-order valence-corrected chi connectivity index (χ0v) is 12.7. The highest BCUT2D eigenvalue weighted by Crippen LogP contribution is 2.37. The molecule has 0 atom stereocenters. The maximum absolute atomic E-state index is 12.6. The number of aryl methyl sites for hydroxylation is 1. The topological polar surface area (TPSA) is 51.7 Å². The van der Waals surface area contributed by atoms with Gasteiger partial charge in [-0.15, -0.1) is 0 Å². The number of hydrogen-bond acceptors (Lipinski definition) is 4. The third kappa shape index (κ3) is 2.80. The molecule has 5 nitrogen and oxygen atoms in total. The fourth-order valence-electron chi connectivity index (χ4n) is 3.26. The van der Waals surface area contributed by atoms with Crippen LogP contribution in [0, 0.1) is 6.92 Å². The lowest BCUT2D eigenvalue weighted by atomic mass is 9.89. The largest absolute Gasteiger partial charge is 0.348 e. The molecule has 1 aromatic heterocycles. The van der Waals surface area contributed by atoms with Gasteiger partial charge in [0.2, 0.25) is 0 Å². The zero-order valence-electron chi connectivity index (χ0n) is 12.7. The summed E-state index contributed by atoms with van der Waals surface area (Å²) in [5.41, 5.74) is 1.47.